The van der Waals surface area contributed by atoms with Gasteiger partial charge in [-0.2, -0.15) is 0 Å². The van der Waals surface area contributed by atoms with Crippen LogP contribution in [0.5, 0.6) is 0 Å². The fraction of sp³-hybridized carbons (Fsp3) is 0.382. The van der Waals surface area contributed by atoms with Crippen molar-refractivity contribution in [2.75, 3.05) is 44.3 Å². The fourth-order valence-corrected chi connectivity index (χ4v) is 12.4. The molecule has 3 atom stereocenters. The minimum atomic E-state index is -3.55. The number of aryl methyl sites for hydroxylation is 1. The number of nitrogens with one attached hydrogen (secondary N) is 5. The van der Waals surface area contributed by atoms with Crippen LogP contribution in [0.15, 0.2) is 102 Å². The SMILES string of the molecule is Cc1ncsc1-c1ccc(CNC(=O)[C@@H]2C[C@@H](O)CN2C(=O)[C@@H](NC(=O)CN2CC3(CC(C(=O)NCc4cccc(-c5cccc(-c6csc(NC(=O)CNC(=O)c7ccn(S(C)(=O)=O)c7)n6)c5)c4)C3)C2)C(C)(C)C)cc1. The first-order valence-corrected chi connectivity index (χ1v) is 28.9. The van der Waals surface area contributed by atoms with Crippen LogP contribution < -0.4 is 26.6 Å². The maximum Gasteiger partial charge on any atom is 0.253 e. The number of nitrogens with zero attached hydrogens (tertiary/aromatic N) is 5. The molecule has 2 saturated heterocycles. The zero-order valence-electron chi connectivity index (χ0n) is 43.4. The second-order valence-electron chi connectivity index (χ2n) is 21.5. The van der Waals surface area contributed by atoms with Gasteiger partial charge < -0.3 is 36.6 Å². The van der Waals surface area contributed by atoms with E-state index in [9.17, 15) is 42.3 Å². The molecule has 1 saturated carbocycles. The van der Waals surface area contributed by atoms with Gasteiger partial charge in [0.05, 0.1) is 52.8 Å². The molecule has 3 aromatic heterocycles. The fourth-order valence-electron chi connectivity index (χ4n) is 10.3. The lowest BCUT2D eigenvalue weighted by Crippen LogP contribution is -2.66. The van der Waals surface area contributed by atoms with Gasteiger partial charge in [-0.15, -0.1) is 22.7 Å². The lowest BCUT2D eigenvalue weighted by Gasteiger charge is -2.58. The summed E-state index contributed by atoms with van der Waals surface area (Å²) in [6.07, 6.45) is 4.10. The number of aliphatic hydroxyl groups is 1. The van der Waals surface area contributed by atoms with Crippen molar-refractivity contribution in [2.45, 2.75) is 78.2 Å². The number of anilines is 1. The van der Waals surface area contributed by atoms with Crippen LogP contribution in [0.2, 0.25) is 0 Å². The summed E-state index contributed by atoms with van der Waals surface area (Å²) in [5.41, 5.74) is 8.36. The standard InChI is InChI=1S/C55H62N10O9S3/c1-33-47(76-32-59-33)36-14-12-34(13-15-36)23-57-51(71)44-20-42(66)27-65(44)52(72)48(54(2,3)4)61-46(68)28-63-30-55(31-63)21-41(22-55)50(70)56-24-35-8-6-9-37(18-35)38-10-7-11-39(19-38)43-29-75-53(60-43)62-45(67)25-58-49(69)40-16-17-64(26-40)77(5,73)74/h6-19,26,29,32,41-42,44,48,66H,20-25,27-28,30-31H2,1-5H3,(H,56,70)(H,57,71)(H,58,69)(H,61,68)(H,60,62,67)/t42-,44+,48-/m1/s1. The number of hydrogen-bond donors (Lipinski definition) is 6. The van der Waals surface area contributed by atoms with Crippen molar-refractivity contribution in [3.8, 4) is 32.8 Å². The van der Waals surface area contributed by atoms with Gasteiger partial charge in [0, 0.05) is 68.4 Å². The average molecular weight is 1100 g/mol. The molecule has 3 fully saturated rings. The van der Waals surface area contributed by atoms with Crippen LogP contribution in [-0.2, 0) is 47.1 Å². The van der Waals surface area contributed by atoms with E-state index in [2.05, 4.69) is 36.6 Å². The van der Waals surface area contributed by atoms with Gasteiger partial charge in [0.1, 0.15) is 12.1 Å². The molecule has 22 heteroatoms. The highest BCUT2D eigenvalue weighted by atomic mass is 32.2. The highest BCUT2D eigenvalue weighted by Gasteiger charge is 2.54. The third-order valence-corrected chi connectivity index (χ3v) is 17.0. The van der Waals surface area contributed by atoms with E-state index in [1.54, 1.807) is 11.3 Å². The molecule has 19 nitrogen and oxygen atoms in total. The lowest BCUT2D eigenvalue weighted by molar-refractivity contribution is -0.150. The van der Waals surface area contributed by atoms with Gasteiger partial charge >= 0.3 is 0 Å². The highest BCUT2D eigenvalue weighted by molar-refractivity contribution is 7.89. The van der Waals surface area contributed by atoms with Gasteiger partial charge in [0.15, 0.2) is 5.13 Å². The summed E-state index contributed by atoms with van der Waals surface area (Å²) in [6, 6.07) is 23.1. The van der Waals surface area contributed by atoms with Crippen LogP contribution >= 0.6 is 22.7 Å². The molecular formula is C55H62N10O9S3. The Morgan fingerprint density at radius 3 is 2.21 bits per heavy atom. The lowest BCUT2D eigenvalue weighted by atomic mass is 9.57. The number of aliphatic hydroxyl groups excluding tert-OH is 1. The number of likely N-dealkylation sites (tertiary alicyclic amines) is 2. The van der Waals surface area contributed by atoms with E-state index in [-0.39, 0.29) is 67.2 Å². The predicted molar refractivity (Wildman–Crippen MR) is 294 cm³/mol. The minimum absolute atomic E-state index is 0.0133. The van der Waals surface area contributed by atoms with Crippen molar-refractivity contribution in [1.29, 1.82) is 0 Å². The van der Waals surface area contributed by atoms with E-state index in [0.29, 0.717) is 43.3 Å². The molecule has 0 bridgehead atoms. The van der Waals surface area contributed by atoms with Crippen LogP contribution in [-0.4, -0.2) is 130 Å². The Balaban J connectivity index is 0.703. The second-order valence-corrected chi connectivity index (χ2v) is 25.1. The summed E-state index contributed by atoms with van der Waals surface area (Å²) >= 11 is 2.80. The van der Waals surface area contributed by atoms with E-state index < -0.39 is 51.3 Å². The van der Waals surface area contributed by atoms with Gasteiger partial charge in [-0.3, -0.25) is 37.6 Å². The van der Waals surface area contributed by atoms with Crippen LogP contribution in [0, 0.1) is 23.7 Å². The number of rotatable bonds is 18. The average Bonchev–Trinajstić information content (AvgIpc) is 4.35. The third kappa shape index (κ3) is 13.0. The van der Waals surface area contributed by atoms with Gasteiger partial charge in [-0.1, -0.05) is 81.4 Å². The normalized spacial score (nSPS) is 17.7. The predicted octanol–water partition coefficient (Wildman–Crippen LogP) is 5.02. The van der Waals surface area contributed by atoms with E-state index in [1.165, 1.54) is 34.7 Å². The van der Waals surface area contributed by atoms with Crippen molar-refractivity contribution in [3.63, 3.8) is 0 Å². The number of carbonyl (C=O) groups excluding carboxylic acids is 6. The van der Waals surface area contributed by atoms with Crippen LogP contribution in [0.3, 0.4) is 0 Å². The first-order chi connectivity index (χ1) is 36.6. The Kier molecular flexibility index (Phi) is 15.9. The summed E-state index contributed by atoms with van der Waals surface area (Å²) in [5.74, 6) is -2.33. The Morgan fingerprint density at radius 1 is 0.831 bits per heavy atom. The van der Waals surface area contributed by atoms with E-state index in [4.69, 9.17) is 0 Å². The molecule has 0 radical (unpaired) electrons. The molecule has 3 aromatic carbocycles. The van der Waals surface area contributed by atoms with Gasteiger partial charge in [-0.25, -0.2) is 18.4 Å². The quantitative estimate of drug-likeness (QED) is 0.0664. The Labute approximate surface area is 454 Å². The summed E-state index contributed by atoms with van der Waals surface area (Å²) in [6.45, 7) is 9.22. The summed E-state index contributed by atoms with van der Waals surface area (Å²) in [5, 5.41) is 27.0. The Morgan fingerprint density at radius 2 is 1.52 bits per heavy atom. The molecule has 1 aliphatic carbocycles. The molecule has 6 N–H and O–H groups in total. The number of thiazole rings is 2. The number of amides is 6. The molecule has 9 rings (SSSR count). The van der Waals surface area contributed by atoms with Crippen molar-refractivity contribution >= 4 is 73.3 Å². The number of hydrogen-bond acceptors (Lipinski definition) is 14. The number of β-amino-alcohol motifs (C(OH)–C–C–N with tert-alkyl or cyclic N) is 1. The van der Waals surface area contributed by atoms with E-state index >= 15 is 0 Å². The van der Waals surface area contributed by atoms with E-state index in [1.807, 2.05) is 116 Å². The molecule has 3 aliphatic rings. The maximum atomic E-state index is 14.2. The van der Waals surface area contributed by atoms with Crippen LogP contribution in [0.1, 0.15) is 67.2 Å². The smallest absolute Gasteiger partial charge is 0.253 e. The highest BCUT2D eigenvalue weighted by Crippen LogP contribution is 2.52. The molecule has 77 heavy (non-hydrogen) atoms. The molecular weight excluding hydrogens is 1040 g/mol. The second kappa shape index (κ2) is 22.5. The van der Waals surface area contributed by atoms with Crippen molar-refractivity contribution in [3.05, 3.63) is 125 Å². The van der Waals surface area contributed by atoms with Crippen molar-refractivity contribution in [2.24, 2.45) is 16.7 Å². The Hall–Kier alpha value is -7.11. The zero-order chi connectivity index (χ0) is 54.8. The first-order valence-electron chi connectivity index (χ1n) is 25.3. The zero-order valence-corrected chi connectivity index (χ0v) is 45.8. The van der Waals surface area contributed by atoms with Crippen LogP contribution in [0.25, 0.3) is 32.8 Å². The monoisotopic (exact) mass is 1100 g/mol. The maximum absolute atomic E-state index is 14.2. The summed E-state index contributed by atoms with van der Waals surface area (Å²) in [7, 11) is -3.55. The Bertz CT molecular complexity index is 3310. The molecule has 1 spiro atoms. The van der Waals surface area contributed by atoms with Crippen molar-refractivity contribution in [1.82, 2.24) is 45.0 Å². The van der Waals surface area contributed by atoms with E-state index in [0.717, 1.165) is 54.2 Å². The number of benzene rings is 3. The summed E-state index contributed by atoms with van der Waals surface area (Å²) < 4.78 is 24.3. The van der Waals surface area contributed by atoms with Crippen LogP contribution in [0.4, 0.5) is 5.13 Å². The van der Waals surface area contributed by atoms with Gasteiger partial charge in [-0.05, 0) is 76.6 Å². The largest absolute Gasteiger partial charge is 0.391 e. The molecule has 5 heterocycles. The minimum Gasteiger partial charge on any atom is -0.391 e. The topological polar surface area (TPSA) is 254 Å². The number of aromatic nitrogens is 3. The number of carbonyl (C=O) groups is 6. The molecule has 6 amide bonds. The molecule has 2 aliphatic heterocycles. The third-order valence-electron chi connectivity index (χ3n) is 14.3. The summed E-state index contributed by atoms with van der Waals surface area (Å²) in [4.78, 5) is 93.1. The first kappa shape index (κ1) is 54.7. The molecule has 0 unspecified atom stereocenters. The molecule has 404 valence electrons. The van der Waals surface area contributed by atoms with Gasteiger partial charge in [0.25, 0.3) is 5.91 Å². The molecule has 6 aromatic rings. The van der Waals surface area contributed by atoms with Crippen molar-refractivity contribution < 1.29 is 42.3 Å². The van der Waals surface area contributed by atoms with Gasteiger partial charge in [0.2, 0.25) is 39.6 Å².